The molecule has 0 unspecified atom stereocenters. The zero-order chi connectivity index (χ0) is 12.3. The Labute approximate surface area is 98.3 Å². The van der Waals surface area contributed by atoms with Crippen molar-refractivity contribution in [1.82, 2.24) is 9.97 Å². The Morgan fingerprint density at radius 2 is 2.06 bits per heavy atom. The van der Waals surface area contributed by atoms with E-state index < -0.39 is 5.97 Å². The Morgan fingerprint density at radius 3 is 2.71 bits per heavy atom. The monoisotopic (exact) mass is 231 g/mol. The second-order valence-electron chi connectivity index (χ2n) is 3.84. The van der Waals surface area contributed by atoms with Crippen molar-refractivity contribution in [2.45, 2.75) is 12.8 Å². The summed E-state index contributed by atoms with van der Waals surface area (Å²) in [7, 11) is 0. The highest BCUT2D eigenvalue weighted by atomic mass is 16.4. The summed E-state index contributed by atoms with van der Waals surface area (Å²) in [6, 6.07) is 7.51. The Kier molecular flexibility index (Phi) is 3.09. The summed E-state index contributed by atoms with van der Waals surface area (Å²) in [5, 5.41) is 8.63. The molecular formula is C12H13N3O2. The number of carboxylic acid groups (broad SMARTS) is 1. The van der Waals surface area contributed by atoms with E-state index in [9.17, 15) is 4.79 Å². The van der Waals surface area contributed by atoms with E-state index in [2.05, 4.69) is 9.97 Å². The van der Waals surface area contributed by atoms with Crippen LogP contribution < -0.4 is 5.73 Å². The SMILES string of the molecule is Nc1ccc(Cc2ncc(CC(=O)O)[nH]2)cc1. The highest BCUT2D eigenvalue weighted by Gasteiger charge is 2.05. The normalized spacial score (nSPS) is 10.4. The van der Waals surface area contributed by atoms with Gasteiger partial charge in [0.25, 0.3) is 0 Å². The van der Waals surface area contributed by atoms with Gasteiger partial charge in [0.1, 0.15) is 5.82 Å². The Balaban J connectivity index is 2.06. The van der Waals surface area contributed by atoms with Crippen LogP contribution >= 0.6 is 0 Å². The maximum atomic E-state index is 10.5. The van der Waals surface area contributed by atoms with Crippen LogP contribution in [0.2, 0.25) is 0 Å². The lowest BCUT2D eigenvalue weighted by molar-refractivity contribution is -0.136. The molecule has 0 bridgehead atoms. The van der Waals surface area contributed by atoms with Gasteiger partial charge in [0.05, 0.1) is 6.42 Å². The van der Waals surface area contributed by atoms with Gasteiger partial charge in [0, 0.05) is 24.0 Å². The van der Waals surface area contributed by atoms with Crippen molar-refractivity contribution in [1.29, 1.82) is 0 Å². The summed E-state index contributed by atoms with van der Waals surface area (Å²) in [5.41, 5.74) is 8.01. The van der Waals surface area contributed by atoms with Crippen LogP contribution in [0, 0.1) is 0 Å². The van der Waals surface area contributed by atoms with Crippen LogP contribution in [-0.2, 0) is 17.6 Å². The second-order valence-corrected chi connectivity index (χ2v) is 3.84. The lowest BCUT2D eigenvalue weighted by atomic mass is 10.1. The molecule has 2 rings (SSSR count). The minimum absolute atomic E-state index is 0.0330. The maximum Gasteiger partial charge on any atom is 0.309 e. The predicted octanol–water partition coefficient (Wildman–Crippen LogP) is 1.21. The van der Waals surface area contributed by atoms with Gasteiger partial charge in [-0.1, -0.05) is 12.1 Å². The number of hydrogen-bond donors (Lipinski definition) is 3. The Morgan fingerprint density at radius 1 is 1.35 bits per heavy atom. The maximum absolute atomic E-state index is 10.5. The Bertz CT molecular complexity index is 517. The van der Waals surface area contributed by atoms with Crippen molar-refractivity contribution in [3.63, 3.8) is 0 Å². The number of hydrogen-bond acceptors (Lipinski definition) is 3. The molecule has 0 fully saturated rings. The number of aromatic amines is 1. The van der Waals surface area contributed by atoms with Gasteiger partial charge in [-0.05, 0) is 17.7 Å². The molecule has 4 N–H and O–H groups in total. The molecular weight excluding hydrogens is 218 g/mol. The van der Waals surface area contributed by atoms with Crippen LogP contribution in [0.1, 0.15) is 17.1 Å². The van der Waals surface area contributed by atoms with Crippen molar-refractivity contribution < 1.29 is 9.90 Å². The number of H-pyrrole nitrogens is 1. The first kappa shape index (κ1) is 11.2. The number of nitrogen functional groups attached to an aromatic ring is 1. The van der Waals surface area contributed by atoms with Gasteiger partial charge in [-0.3, -0.25) is 4.79 Å². The largest absolute Gasteiger partial charge is 0.481 e. The van der Waals surface area contributed by atoms with Crippen LogP contribution in [0.5, 0.6) is 0 Å². The predicted molar refractivity (Wildman–Crippen MR) is 63.6 cm³/mol. The second kappa shape index (κ2) is 4.69. The van der Waals surface area contributed by atoms with Crippen LogP contribution in [0.25, 0.3) is 0 Å². The number of carbonyl (C=O) groups is 1. The van der Waals surface area contributed by atoms with E-state index in [1.54, 1.807) is 6.20 Å². The molecule has 1 heterocycles. The molecule has 5 nitrogen and oxygen atoms in total. The first-order valence-electron chi connectivity index (χ1n) is 5.22. The lowest BCUT2D eigenvalue weighted by Crippen LogP contribution is -2.00. The third-order valence-corrected chi connectivity index (χ3v) is 2.37. The zero-order valence-electron chi connectivity index (χ0n) is 9.18. The van der Waals surface area contributed by atoms with Crippen LogP contribution in [0.3, 0.4) is 0 Å². The molecule has 0 saturated heterocycles. The number of rotatable bonds is 4. The molecule has 0 aliphatic rings. The summed E-state index contributed by atoms with van der Waals surface area (Å²) in [6.07, 6.45) is 2.16. The summed E-state index contributed by atoms with van der Waals surface area (Å²) >= 11 is 0. The third kappa shape index (κ3) is 3.07. The Hall–Kier alpha value is -2.30. The molecule has 0 saturated carbocycles. The molecule has 0 aliphatic heterocycles. The molecule has 88 valence electrons. The van der Waals surface area contributed by atoms with Crippen molar-refractivity contribution in [3.8, 4) is 0 Å². The molecule has 0 radical (unpaired) electrons. The van der Waals surface area contributed by atoms with E-state index in [1.165, 1.54) is 0 Å². The van der Waals surface area contributed by atoms with Crippen molar-refractivity contribution in [3.05, 3.63) is 47.5 Å². The number of nitrogens with zero attached hydrogens (tertiary/aromatic N) is 1. The standard InChI is InChI=1S/C12H13N3O2/c13-9-3-1-8(2-4-9)5-11-14-7-10(15-11)6-12(16)17/h1-4,7H,5-6,13H2,(H,14,15)(H,16,17). The number of carboxylic acids is 1. The van der Waals surface area contributed by atoms with Crippen LogP contribution in [0.4, 0.5) is 5.69 Å². The molecule has 17 heavy (non-hydrogen) atoms. The molecule has 2 aromatic rings. The highest BCUT2D eigenvalue weighted by Crippen LogP contribution is 2.10. The van der Waals surface area contributed by atoms with E-state index >= 15 is 0 Å². The van der Waals surface area contributed by atoms with Crippen molar-refractivity contribution in [2.75, 3.05) is 5.73 Å². The molecule has 0 spiro atoms. The van der Waals surface area contributed by atoms with Gasteiger partial charge in [-0.15, -0.1) is 0 Å². The van der Waals surface area contributed by atoms with Gasteiger partial charge in [0.15, 0.2) is 0 Å². The fourth-order valence-electron chi connectivity index (χ4n) is 1.58. The lowest BCUT2D eigenvalue weighted by Gasteiger charge is -1.99. The van der Waals surface area contributed by atoms with E-state index in [0.29, 0.717) is 12.1 Å². The number of aromatic nitrogens is 2. The first-order valence-corrected chi connectivity index (χ1v) is 5.22. The quantitative estimate of drug-likeness (QED) is 0.689. The number of imidazole rings is 1. The third-order valence-electron chi connectivity index (χ3n) is 2.37. The smallest absolute Gasteiger partial charge is 0.309 e. The van der Waals surface area contributed by atoms with Crippen LogP contribution in [0.15, 0.2) is 30.5 Å². The summed E-state index contributed by atoms with van der Waals surface area (Å²) in [4.78, 5) is 17.6. The summed E-state index contributed by atoms with van der Waals surface area (Å²) in [6.45, 7) is 0. The van der Waals surface area contributed by atoms with Gasteiger partial charge < -0.3 is 15.8 Å². The summed E-state index contributed by atoms with van der Waals surface area (Å²) < 4.78 is 0. The van der Waals surface area contributed by atoms with Gasteiger partial charge in [0.2, 0.25) is 0 Å². The van der Waals surface area contributed by atoms with Crippen LogP contribution in [-0.4, -0.2) is 21.0 Å². The molecule has 1 aromatic carbocycles. The molecule has 1 aromatic heterocycles. The number of nitrogens with two attached hydrogens (primary N) is 1. The topological polar surface area (TPSA) is 92.0 Å². The van der Waals surface area contributed by atoms with Crippen molar-refractivity contribution in [2.24, 2.45) is 0 Å². The average Bonchev–Trinajstić information content (AvgIpc) is 2.68. The minimum atomic E-state index is -0.868. The molecule has 5 heteroatoms. The molecule has 0 atom stereocenters. The number of aliphatic carboxylic acids is 1. The van der Waals surface area contributed by atoms with Gasteiger partial charge >= 0.3 is 5.97 Å². The van der Waals surface area contributed by atoms with E-state index in [1.807, 2.05) is 24.3 Å². The van der Waals surface area contributed by atoms with Gasteiger partial charge in [-0.2, -0.15) is 0 Å². The first-order chi connectivity index (χ1) is 8.13. The fourth-order valence-corrected chi connectivity index (χ4v) is 1.58. The average molecular weight is 231 g/mol. The van der Waals surface area contributed by atoms with Gasteiger partial charge in [-0.25, -0.2) is 4.98 Å². The number of nitrogens with one attached hydrogen (secondary N) is 1. The van der Waals surface area contributed by atoms with E-state index in [0.717, 1.165) is 17.1 Å². The molecule has 0 aliphatic carbocycles. The molecule has 0 amide bonds. The fraction of sp³-hybridized carbons (Fsp3) is 0.167. The summed E-state index contributed by atoms with van der Waals surface area (Å²) in [5.74, 6) is -0.112. The van der Waals surface area contributed by atoms with E-state index in [-0.39, 0.29) is 6.42 Å². The minimum Gasteiger partial charge on any atom is -0.481 e. The zero-order valence-corrected chi connectivity index (χ0v) is 9.18. The van der Waals surface area contributed by atoms with Crippen molar-refractivity contribution >= 4 is 11.7 Å². The van der Waals surface area contributed by atoms with E-state index in [4.69, 9.17) is 10.8 Å². The number of anilines is 1. The number of benzene rings is 1. The highest BCUT2D eigenvalue weighted by molar-refractivity contribution is 5.69.